The monoisotopic (exact) mass is 274 g/mol. The molecule has 3 rings (SSSR count). The molecule has 0 bridgehead atoms. The molecule has 104 valence electrons. The number of hydrogen-bond acceptors (Lipinski definition) is 3. The first-order chi connectivity index (χ1) is 7.95. The van der Waals surface area contributed by atoms with Crippen molar-refractivity contribution in [1.82, 2.24) is 4.90 Å². The Hall–Kier alpha value is -0.320. The highest BCUT2D eigenvalue weighted by atomic mass is 35.5. The van der Waals surface area contributed by atoms with E-state index < -0.39 is 5.54 Å². The molecule has 0 aromatic heterocycles. The fraction of sp³-hybridized carbons (Fsp3) is 0.923. The number of nitrogens with two attached hydrogens (primary N) is 1. The van der Waals surface area contributed by atoms with Crippen molar-refractivity contribution in [1.29, 1.82) is 0 Å². The molecule has 0 aromatic carbocycles. The summed E-state index contributed by atoms with van der Waals surface area (Å²) >= 11 is 0. The molecule has 0 radical (unpaired) electrons. The summed E-state index contributed by atoms with van der Waals surface area (Å²) in [6.07, 6.45) is 1.34. The van der Waals surface area contributed by atoms with Crippen LogP contribution in [0.25, 0.3) is 0 Å². The largest absolute Gasteiger partial charge is 0.381 e. The Kier molecular flexibility index (Phi) is 3.41. The molecular weight excluding hydrogens is 252 g/mol. The van der Waals surface area contributed by atoms with Gasteiger partial charge in [-0.15, -0.1) is 12.4 Å². The van der Waals surface area contributed by atoms with E-state index in [1.54, 1.807) is 0 Å². The summed E-state index contributed by atoms with van der Waals surface area (Å²) < 4.78 is 5.29. The van der Waals surface area contributed by atoms with E-state index in [4.69, 9.17) is 10.5 Å². The lowest BCUT2D eigenvalue weighted by molar-refractivity contribution is -0.140. The highest BCUT2D eigenvalue weighted by Gasteiger charge is 2.63. The number of carbonyl (C=O) groups excluding carboxylic acids is 1. The van der Waals surface area contributed by atoms with Crippen molar-refractivity contribution in [2.75, 3.05) is 26.3 Å². The van der Waals surface area contributed by atoms with Gasteiger partial charge in [0.15, 0.2) is 0 Å². The van der Waals surface area contributed by atoms with Gasteiger partial charge in [0, 0.05) is 26.3 Å². The SMILES string of the molecule is CC1(C)C2CN(C(=O)C3(N)CCOCC3)CC21.Cl. The zero-order valence-corrected chi connectivity index (χ0v) is 12.0. The van der Waals surface area contributed by atoms with Gasteiger partial charge in [0.05, 0.1) is 5.54 Å². The molecule has 3 aliphatic rings. The second-order valence-electron chi connectivity index (χ2n) is 6.51. The average Bonchev–Trinajstić information content (AvgIpc) is 2.70. The van der Waals surface area contributed by atoms with Gasteiger partial charge in [-0.05, 0) is 30.1 Å². The molecule has 2 heterocycles. The third kappa shape index (κ3) is 1.95. The molecule has 5 heteroatoms. The number of halogens is 1. The van der Waals surface area contributed by atoms with E-state index in [2.05, 4.69) is 13.8 Å². The third-order valence-corrected chi connectivity index (χ3v) is 5.22. The zero-order chi connectivity index (χ0) is 12.3. The molecule has 0 aromatic rings. The Morgan fingerprint density at radius 3 is 2.22 bits per heavy atom. The first-order valence-electron chi connectivity index (χ1n) is 6.61. The summed E-state index contributed by atoms with van der Waals surface area (Å²) in [5.74, 6) is 1.56. The van der Waals surface area contributed by atoms with Crippen LogP contribution in [-0.4, -0.2) is 42.6 Å². The van der Waals surface area contributed by atoms with Crippen molar-refractivity contribution in [3.05, 3.63) is 0 Å². The van der Waals surface area contributed by atoms with Gasteiger partial charge in [0.2, 0.25) is 5.91 Å². The van der Waals surface area contributed by atoms with E-state index in [1.807, 2.05) is 4.90 Å². The summed E-state index contributed by atoms with van der Waals surface area (Å²) in [7, 11) is 0. The summed E-state index contributed by atoms with van der Waals surface area (Å²) in [5.41, 5.74) is 6.04. The van der Waals surface area contributed by atoms with Gasteiger partial charge >= 0.3 is 0 Å². The Morgan fingerprint density at radius 2 is 1.72 bits per heavy atom. The fourth-order valence-electron chi connectivity index (χ4n) is 3.56. The summed E-state index contributed by atoms with van der Waals surface area (Å²) in [5, 5.41) is 0. The Labute approximate surface area is 115 Å². The van der Waals surface area contributed by atoms with Crippen LogP contribution in [0.1, 0.15) is 26.7 Å². The third-order valence-electron chi connectivity index (χ3n) is 5.22. The molecule has 2 aliphatic heterocycles. The molecule has 4 nitrogen and oxygen atoms in total. The highest BCUT2D eigenvalue weighted by molar-refractivity contribution is 5.86. The van der Waals surface area contributed by atoms with E-state index in [-0.39, 0.29) is 18.3 Å². The van der Waals surface area contributed by atoms with Gasteiger partial charge in [-0.1, -0.05) is 13.8 Å². The Balaban J connectivity index is 0.00000120. The topological polar surface area (TPSA) is 55.6 Å². The van der Waals surface area contributed by atoms with E-state index in [0.29, 0.717) is 43.3 Å². The number of nitrogens with zero attached hydrogens (tertiary/aromatic N) is 1. The van der Waals surface area contributed by atoms with E-state index in [0.717, 1.165) is 13.1 Å². The summed E-state index contributed by atoms with van der Waals surface area (Å²) in [6, 6.07) is 0. The molecule has 18 heavy (non-hydrogen) atoms. The molecule has 0 spiro atoms. The van der Waals surface area contributed by atoms with Crippen molar-refractivity contribution >= 4 is 18.3 Å². The van der Waals surface area contributed by atoms with Crippen molar-refractivity contribution < 1.29 is 9.53 Å². The van der Waals surface area contributed by atoms with Gasteiger partial charge in [0.1, 0.15) is 0 Å². The molecule has 2 atom stereocenters. The maximum absolute atomic E-state index is 12.4. The molecule has 2 unspecified atom stereocenters. The van der Waals surface area contributed by atoms with Gasteiger partial charge < -0.3 is 15.4 Å². The van der Waals surface area contributed by atoms with Crippen LogP contribution in [0.3, 0.4) is 0 Å². The normalized spacial score (nSPS) is 35.6. The first kappa shape index (κ1) is 14.1. The van der Waals surface area contributed by atoms with Crippen LogP contribution in [0.4, 0.5) is 0 Å². The van der Waals surface area contributed by atoms with Gasteiger partial charge in [0.25, 0.3) is 0 Å². The van der Waals surface area contributed by atoms with Crippen molar-refractivity contribution in [3.63, 3.8) is 0 Å². The average molecular weight is 275 g/mol. The number of amides is 1. The first-order valence-corrected chi connectivity index (χ1v) is 6.61. The van der Waals surface area contributed by atoms with E-state index in [1.165, 1.54) is 0 Å². The highest BCUT2D eigenvalue weighted by Crippen LogP contribution is 2.62. The lowest BCUT2D eigenvalue weighted by Crippen LogP contribution is -2.58. The zero-order valence-electron chi connectivity index (χ0n) is 11.1. The predicted molar refractivity (Wildman–Crippen MR) is 71.6 cm³/mol. The van der Waals surface area contributed by atoms with Crippen molar-refractivity contribution in [3.8, 4) is 0 Å². The number of hydrogen-bond donors (Lipinski definition) is 1. The van der Waals surface area contributed by atoms with Gasteiger partial charge in [-0.2, -0.15) is 0 Å². The number of ether oxygens (including phenoxy) is 1. The van der Waals surface area contributed by atoms with Crippen LogP contribution in [0.5, 0.6) is 0 Å². The lowest BCUT2D eigenvalue weighted by atomic mass is 9.89. The molecule has 3 fully saturated rings. The number of rotatable bonds is 1. The van der Waals surface area contributed by atoms with Gasteiger partial charge in [-0.25, -0.2) is 0 Å². The predicted octanol–water partition coefficient (Wildman–Crippen LogP) is 1.03. The number of fused-ring (bicyclic) bond motifs is 1. The van der Waals surface area contributed by atoms with E-state index in [9.17, 15) is 4.79 Å². The lowest BCUT2D eigenvalue weighted by Gasteiger charge is -2.36. The van der Waals surface area contributed by atoms with Crippen LogP contribution < -0.4 is 5.73 Å². The maximum atomic E-state index is 12.4. The quantitative estimate of drug-likeness (QED) is 0.777. The second-order valence-corrected chi connectivity index (χ2v) is 6.51. The fourth-order valence-corrected chi connectivity index (χ4v) is 3.56. The van der Waals surface area contributed by atoms with E-state index >= 15 is 0 Å². The van der Waals surface area contributed by atoms with Crippen LogP contribution in [0.15, 0.2) is 0 Å². The van der Waals surface area contributed by atoms with Crippen LogP contribution in [0.2, 0.25) is 0 Å². The van der Waals surface area contributed by atoms with Crippen molar-refractivity contribution in [2.24, 2.45) is 23.0 Å². The Morgan fingerprint density at radius 1 is 1.22 bits per heavy atom. The smallest absolute Gasteiger partial charge is 0.242 e. The molecule has 1 aliphatic carbocycles. The minimum Gasteiger partial charge on any atom is -0.381 e. The van der Waals surface area contributed by atoms with Crippen LogP contribution in [0, 0.1) is 17.3 Å². The number of likely N-dealkylation sites (tertiary alicyclic amines) is 1. The standard InChI is InChI=1S/C13H22N2O2.ClH/c1-12(2)9-7-15(8-10(9)12)11(16)13(14)3-5-17-6-4-13;/h9-10H,3-8,14H2,1-2H3;1H. The summed E-state index contributed by atoms with van der Waals surface area (Å²) in [4.78, 5) is 14.4. The molecule has 1 amide bonds. The summed E-state index contributed by atoms with van der Waals surface area (Å²) in [6.45, 7) is 7.67. The molecule has 2 saturated heterocycles. The van der Waals surface area contributed by atoms with Crippen LogP contribution in [-0.2, 0) is 9.53 Å². The van der Waals surface area contributed by atoms with Crippen LogP contribution >= 0.6 is 12.4 Å². The number of carbonyl (C=O) groups is 1. The minimum absolute atomic E-state index is 0. The van der Waals surface area contributed by atoms with Gasteiger partial charge in [-0.3, -0.25) is 4.79 Å². The number of piperidine rings is 1. The minimum atomic E-state index is -0.654. The molecule has 2 N–H and O–H groups in total. The molecular formula is C13H23ClN2O2. The molecule has 1 saturated carbocycles. The Bertz CT molecular complexity index is 339. The maximum Gasteiger partial charge on any atom is 0.242 e. The second kappa shape index (κ2) is 4.36. The van der Waals surface area contributed by atoms with Crippen molar-refractivity contribution in [2.45, 2.75) is 32.2 Å².